The maximum Gasteiger partial charge on any atom is 0.241 e. The fourth-order valence-corrected chi connectivity index (χ4v) is 4.16. The predicted molar refractivity (Wildman–Crippen MR) is 105 cm³/mol. The number of anilines is 1. The van der Waals surface area contributed by atoms with Crippen LogP contribution in [0.5, 0.6) is 0 Å². The summed E-state index contributed by atoms with van der Waals surface area (Å²) in [6, 6.07) is 4.94. The summed E-state index contributed by atoms with van der Waals surface area (Å²) in [4.78, 5) is 27.0. The summed E-state index contributed by atoms with van der Waals surface area (Å²) in [6.45, 7) is 1.01. The Morgan fingerprint density at radius 3 is 2.62 bits per heavy atom. The van der Waals surface area contributed by atoms with Gasteiger partial charge in [0.1, 0.15) is 0 Å². The fourth-order valence-electron chi connectivity index (χ4n) is 3.83. The van der Waals surface area contributed by atoms with E-state index >= 15 is 0 Å². The van der Waals surface area contributed by atoms with Gasteiger partial charge in [0.15, 0.2) is 0 Å². The van der Waals surface area contributed by atoms with Gasteiger partial charge in [0, 0.05) is 11.1 Å². The van der Waals surface area contributed by atoms with Gasteiger partial charge in [0.25, 0.3) is 0 Å². The van der Waals surface area contributed by atoms with E-state index in [4.69, 9.17) is 23.2 Å². The normalized spacial score (nSPS) is 21.5. The zero-order valence-corrected chi connectivity index (χ0v) is 16.3. The number of carbonyl (C=O) groups is 2. The summed E-state index contributed by atoms with van der Waals surface area (Å²) >= 11 is 12.1. The van der Waals surface area contributed by atoms with Crippen molar-refractivity contribution in [1.82, 2.24) is 10.2 Å². The van der Waals surface area contributed by atoms with Gasteiger partial charge in [-0.15, -0.1) is 0 Å². The summed E-state index contributed by atoms with van der Waals surface area (Å²) in [5, 5.41) is 6.93. The Kier molecular flexibility index (Phi) is 6.79. The largest absolute Gasteiger partial charge is 0.352 e. The Morgan fingerprint density at radius 1 is 1.08 bits per heavy atom. The van der Waals surface area contributed by atoms with Gasteiger partial charge in [-0.1, -0.05) is 42.5 Å². The van der Waals surface area contributed by atoms with Crippen molar-refractivity contribution < 1.29 is 9.59 Å². The Bertz CT molecular complexity index is 662. The van der Waals surface area contributed by atoms with E-state index in [0.29, 0.717) is 15.7 Å². The van der Waals surface area contributed by atoms with Crippen LogP contribution >= 0.6 is 23.2 Å². The third kappa shape index (κ3) is 5.12. The van der Waals surface area contributed by atoms with E-state index in [9.17, 15) is 9.59 Å². The highest BCUT2D eigenvalue weighted by Gasteiger charge is 2.32. The lowest BCUT2D eigenvalue weighted by Crippen LogP contribution is -2.47. The van der Waals surface area contributed by atoms with Crippen LogP contribution in [0.1, 0.15) is 44.9 Å². The minimum Gasteiger partial charge on any atom is -0.352 e. The number of rotatable bonds is 5. The van der Waals surface area contributed by atoms with Gasteiger partial charge in [-0.2, -0.15) is 0 Å². The van der Waals surface area contributed by atoms with Crippen molar-refractivity contribution in [3.8, 4) is 0 Å². The maximum absolute atomic E-state index is 12.7. The highest BCUT2D eigenvalue weighted by atomic mass is 35.5. The molecule has 1 aromatic carbocycles. The molecule has 0 bridgehead atoms. The monoisotopic (exact) mass is 397 g/mol. The second kappa shape index (κ2) is 9.07. The number of carbonyl (C=O) groups excluding carboxylic acids is 2. The number of nitrogens with one attached hydrogen (secondary N) is 2. The average molecular weight is 398 g/mol. The molecule has 1 saturated carbocycles. The van der Waals surface area contributed by atoms with Crippen molar-refractivity contribution >= 4 is 40.7 Å². The van der Waals surface area contributed by atoms with Crippen molar-refractivity contribution in [2.24, 2.45) is 0 Å². The zero-order valence-electron chi connectivity index (χ0n) is 14.8. The number of amides is 2. The van der Waals surface area contributed by atoms with Crippen LogP contribution in [0.15, 0.2) is 18.2 Å². The molecule has 1 saturated heterocycles. The first-order valence-corrected chi connectivity index (χ1v) is 10.1. The number of hydrogen-bond donors (Lipinski definition) is 2. The lowest BCUT2D eigenvalue weighted by molar-refractivity contribution is -0.125. The van der Waals surface area contributed by atoms with E-state index in [1.54, 1.807) is 18.2 Å². The Morgan fingerprint density at radius 2 is 1.85 bits per heavy atom. The molecule has 3 rings (SSSR count). The molecule has 1 aliphatic carbocycles. The molecule has 0 radical (unpaired) electrons. The Hall–Kier alpha value is -1.30. The standard InChI is InChI=1S/C19H25Cl2N3O2/c20-13-8-9-15(21)16(11-13)23-19(26)17-7-4-10-24(17)12-18(25)22-14-5-2-1-3-6-14/h8-9,11,14,17H,1-7,10,12H2,(H,22,25)(H,23,26)/t17-/m1/s1. The molecule has 1 heterocycles. The first-order chi connectivity index (χ1) is 12.5. The molecule has 2 fully saturated rings. The number of hydrogen-bond acceptors (Lipinski definition) is 3. The highest BCUT2D eigenvalue weighted by molar-refractivity contribution is 6.35. The quantitative estimate of drug-likeness (QED) is 0.792. The van der Waals surface area contributed by atoms with Gasteiger partial charge in [-0.05, 0) is 50.4 Å². The molecule has 5 nitrogen and oxygen atoms in total. The van der Waals surface area contributed by atoms with Crippen molar-refractivity contribution in [1.29, 1.82) is 0 Å². The first-order valence-electron chi connectivity index (χ1n) is 9.32. The van der Waals surface area contributed by atoms with Crippen LogP contribution in [0.4, 0.5) is 5.69 Å². The molecular formula is C19H25Cl2N3O2. The molecule has 0 aromatic heterocycles. The van der Waals surface area contributed by atoms with Gasteiger partial charge >= 0.3 is 0 Å². The van der Waals surface area contributed by atoms with Crippen LogP contribution in [-0.2, 0) is 9.59 Å². The van der Waals surface area contributed by atoms with Gasteiger partial charge in [0.2, 0.25) is 11.8 Å². The van der Waals surface area contributed by atoms with E-state index in [0.717, 1.165) is 32.2 Å². The molecule has 7 heteroatoms. The van der Waals surface area contributed by atoms with Crippen molar-refractivity contribution in [2.45, 2.75) is 57.0 Å². The molecular weight excluding hydrogens is 373 g/mol. The Balaban J connectivity index is 1.55. The first kappa shape index (κ1) is 19.5. The van der Waals surface area contributed by atoms with Crippen molar-refractivity contribution in [3.63, 3.8) is 0 Å². The average Bonchev–Trinajstić information content (AvgIpc) is 3.07. The second-order valence-corrected chi connectivity index (χ2v) is 7.99. The van der Waals surface area contributed by atoms with E-state index in [1.165, 1.54) is 19.3 Å². The van der Waals surface area contributed by atoms with E-state index < -0.39 is 0 Å². The summed E-state index contributed by atoms with van der Waals surface area (Å²) in [7, 11) is 0. The third-order valence-electron chi connectivity index (χ3n) is 5.17. The number of likely N-dealkylation sites (tertiary alicyclic amines) is 1. The van der Waals surface area contributed by atoms with Crippen LogP contribution in [0.25, 0.3) is 0 Å². The molecule has 2 aliphatic rings. The van der Waals surface area contributed by atoms with Gasteiger partial charge < -0.3 is 10.6 Å². The molecule has 1 atom stereocenters. The number of halogens is 2. The maximum atomic E-state index is 12.7. The lowest BCUT2D eigenvalue weighted by Gasteiger charge is -2.26. The zero-order chi connectivity index (χ0) is 18.5. The SMILES string of the molecule is O=C(CN1CCC[C@@H]1C(=O)Nc1cc(Cl)ccc1Cl)NC1CCCCC1. The summed E-state index contributed by atoms with van der Waals surface area (Å²) in [6.07, 6.45) is 7.37. The van der Waals surface area contributed by atoms with Crippen LogP contribution in [0.3, 0.4) is 0 Å². The molecule has 0 spiro atoms. The molecule has 2 amide bonds. The second-order valence-electron chi connectivity index (χ2n) is 7.14. The van der Waals surface area contributed by atoms with E-state index in [-0.39, 0.29) is 30.4 Å². The third-order valence-corrected chi connectivity index (χ3v) is 5.73. The molecule has 0 unspecified atom stereocenters. The highest BCUT2D eigenvalue weighted by Crippen LogP contribution is 2.27. The van der Waals surface area contributed by atoms with E-state index in [1.807, 2.05) is 4.90 Å². The fraction of sp³-hybridized carbons (Fsp3) is 0.579. The van der Waals surface area contributed by atoms with Gasteiger partial charge in [0.05, 0.1) is 23.3 Å². The van der Waals surface area contributed by atoms with Crippen molar-refractivity contribution in [3.05, 3.63) is 28.2 Å². The van der Waals surface area contributed by atoms with Crippen LogP contribution < -0.4 is 10.6 Å². The molecule has 1 aliphatic heterocycles. The summed E-state index contributed by atoms with van der Waals surface area (Å²) < 4.78 is 0. The summed E-state index contributed by atoms with van der Waals surface area (Å²) in [5.41, 5.74) is 0.502. The Labute approximate surface area is 164 Å². The van der Waals surface area contributed by atoms with Crippen LogP contribution in [0.2, 0.25) is 10.0 Å². The predicted octanol–water partition coefficient (Wildman–Crippen LogP) is 3.85. The number of benzene rings is 1. The van der Waals surface area contributed by atoms with Gasteiger partial charge in [-0.25, -0.2) is 0 Å². The summed E-state index contributed by atoms with van der Waals surface area (Å²) in [5.74, 6) is -0.130. The van der Waals surface area contributed by atoms with Gasteiger partial charge in [-0.3, -0.25) is 14.5 Å². The minimum atomic E-state index is -0.317. The van der Waals surface area contributed by atoms with Crippen LogP contribution in [-0.4, -0.2) is 41.9 Å². The molecule has 142 valence electrons. The van der Waals surface area contributed by atoms with E-state index in [2.05, 4.69) is 10.6 Å². The number of nitrogens with zero attached hydrogens (tertiary/aromatic N) is 1. The van der Waals surface area contributed by atoms with Crippen LogP contribution in [0, 0.1) is 0 Å². The molecule has 2 N–H and O–H groups in total. The topological polar surface area (TPSA) is 61.4 Å². The minimum absolute atomic E-state index is 0.0115. The smallest absolute Gasteiger partial charge is 0.241 e. The molecule has 26 heavy (non-hydrogen) atoms. The lowest BCUT2D eigenvalue weighted by atomic mass is 9.95. The van der Waals surface area contributed by atoms with Crippen molar-refractivity contribution in [2.75, 3.05) is 18.4 Å². The molecule has 1 aromatic rings.